The minimum Gasteiger partial charge on any atom is -0.380 e. The van der Waals surface area contributed by atoms with Gasteiger partial charge in [-0.15, -0.1) is 0 Å². The second kappa shape index (κ2) is 6.89. The number of hydrogen-bond donors (Lipinski definition) is 1. The van der Waals surface area contributed by atoms with Crippen molar-refractivity contribution in [1.82, 2.24) is 9.78 Å². The van der Waals surface area contributed by atoms with Gasteiger partial charge in [-0.25, -0.2) is 4.68 Å². The normalized spacial score (nSPS) is 12.8. The van der Waals surface area contributed by atoms with Crippen LogP contribution in [0.25, 0.3) is 0 Å². The van der Waals surface area contributed by atoms with Crippen LogP contribution in [0.4, 0.5) is 5.69 Å². The molecule has 0 saturated carbocycles. The SMILES string of the molecule is CCOCC(Nc1cnn(C)c(=O)c1Br)C(C)C. The third kappa shape index (κ3) is 3.81. The highest BCUT2D eigenvalue weighted by atomic mass is 79.9. The maximum atomic E-state index is 11.7. The molecular formula is C12H20BrN3O2. The van der Waals surface area contributed by atoms with E-state index in [1.165, 1.54) is 4.68 Å². The number of aromatic nitrogens is 2. The molecule has 18 heavy (non-hydrogen) atoms. The molecule has 0 aliphatic heterocycles. The van der Waals surface area contributed by atoms with Gasteiger partial charge in [0.05, 0.1) is 24.5 Å². The van der Waals surface area contributed by atoms with Crippen LogP contribution >= 0.6 is 15.9 Å². The van der Waals surface area contributed by atoms with Gasteiger partial charge in [-0.2, -0.15) is 5.10 Å². The van der Waals surface area contributed by atoms with Crippen molar-refractivity contribution in [2.45, 2.75) is 26.8 Å². The van der Waals surface area contributed by atoms with E-state index >= 15 is 0 Å². The van der Waals surface area contributed by atoms with Gasteiger partial charge >= 0.3 is 0 Å². The van der Waals surface area contributed by atoms with Gasteiger partial charge in [0.15, 0.2) is 0 Å². The molecule has 0 bridgehead atoms. The predicted octanol–water partition coefficient (Wildman–Crippen LogP) is 2.02. The quantitative estimate of drug-likeness (QED) is 0.872. The minimum atomic E-state index is -0.154. The number of ether oxygens (including phenoxy) is 1. The molecule has 0 aromatic carbocycles. The summed E-state index contributed by atoms with van der Waals surface area (Å²) in [7, 11) is 1.62. The van der Waals surface area contributed by atoms with E-state index < -0.39 is 0 Å². The molecular weight excluding hydrogens is 298 g/mol. The number of hydrogen-bond acceptors (Lipinski definition) is 4. The largest absolute Gasteiger partial charge is 0.380 e. The van der Waals surface area contributed by atoms with Crippen molar-refractivity contribution in [3.8, 4) is 0 Å². The number of aryl methyl sites for hydroxylation is 1. The topological polar surface area (TPSA) is 56.1 Å². The molecule has 1 N–H and O–H groups in total. The van der Waals surface area contributed by atoms with Crippen molar-refractivity contribution in [1.29, 1.82) is 0 Å². The van der Waals surface area contributed by atoms with Crippen molar-refractivity contribution in [2.24, 2.45) is 13.0 Å². The number of halogens is 1. The molecule has 5 nitrogen and oxygen atoms in total. The summed E-state index contributed by atoms with van der Waals surface area (Å²) in [6, 6.07) is 0.148. The predicted molar refractivity (Wildman–Crippen MR) is 75.9 cm³/mol. The molecule has 0 amide bonds. The van der Waals surface area contributed by atoms with Crippen LogP contribution in [0, 0.1) is 5.92 Å². The maximum absolute atomic E-state index is 11.7. The fraction of sp³-hybridized carbons (Fsp3) is 0.667. The number of nitrogens with one attached hydrogen (secondary N) is 1. The maximum Gasteiger partial charge on any atom is 0.282 e. The summed E-state index contributed by atoms with van der Waals surface area (Å²) < 4.78 is 7.24. The Morgan fingerprint density at radius 2 is 2.22 bits per heavy atom. The first kappa shape index (κ1) is 15.2. The molecule has 0 aliphatic carbocycles. The smallest absolute Gasteiger partial charge is 0.282 e. The van der Waals surface area contributed by atoms with Crippen LogP contribution in [0.5, 0.6) is 0 Å². The Labute approximate surface area is 116 Å². The Bertz CT molecular complexity index is 445. The third-order valence-corrected chi connectivity index (χ3v) is 3.49. The molecule has 1 atom stereocenters. The first-order chi connectivity index (χ1) is 8.47. The van der Waals surface area contributed by atoms with E-state index in [2.05, 4.69) is 40.2 Å². The van der Waals surface area contributed by atoms with Crippen molar-refractivity contribution >= 4 is 21.6 Å². The first-order valence-corrected chi connectivity index (χ1v) is 6.82. The van der Waals surface area contributed by atoms with Crippen LogP contribution < -0.4 is 10.9 Å². The van der Waals surface area contributed by atoms with Gasteiger partial charge in [0.25, 0.3) is 5.56 Å². The number of anilines is 1. The van der Waals surface area contributed by atoms with Crippen LogP contribution in [-0.2, 0) is 11.8 Å². The van der Waals surface area contributed by atoms with Crippen LogP contribution in [0.15, 0.2) is 15.5 Å². The van der Waals surface area contributed by atoms with Crippen molar-refractivity contribution in [3.63, 3.8) is 0 Å². The molecule has 1 aromatic heterocycles. The van der Waals surface area contributed by atoms with Gasteiger partial charge in [0.1, 0.15) is 4.47 Å². The van der Waals surface area contributed by atoms with E-state index in [9.17, 15) is 4.79 Å². The Hall–Kier alpha value is -0.880. The lowest BCUT2D eigenvalue weighted by Gasteiger charge is -2.23. The highest BCUT2D eigenvalue weighted by Gasteiger charge is 2.16. The molecule has 1 rings (SSSR count). The lowest BCUT2D eigenvalue weighted by Crippen LogP contribution is -2.32. The summed E-state index contributed by atoms with van der Waals surface area (Å²) in [5.74, 6) is 0.396. The second-order valence-corrected chi connectivity index (χ2v) is 5.25. The molecule has 6 heteroatoms. The van der Waals surface area contributed by atoms with Gasteiger partial charge < -0.3 is 10.1 Å². The van der Waals surface area contributed by atoms with E-state index in [1.54, 1.807) is 13.2 Å². The molecule has 0 aliphatic rings. The zero-order chi connectivity index (χ0) is 13.7. The average molecular weight is 318 g/mol. The summed E-state index contributed by atoms with van der Waals surface area (Å²) in [5, 5.41) is 7.30. The lowest BCUT2D eigenvalue weighted by molar-refractivity contribution is 0.127. The minimum absolute atomic E-state index is 0.148. The van der Waals surface area contributed by atoms with E-state index in [4.69, 9.17) is 4.74 Å². The molecule has 0 spiro atoms. The molecule has 0 fully saturated rings. The Balaban J connectivity index is 2.87. The number of nitrogens with zero attached hydrogens (tertiary/aromatic N) is 2. The molecule has 0 radical (unpaired) electrons. The van der Waals surface area contributed by atoms with Crippen LogP contribution in [0.3, 0.4) is 0 Å². The monoisotopic (exact) mass is 317 g/mol. The zero-order valence-electron chi connectivity index (χ0n) is 11.2. The van der Waals surface area contributed by atoms with Crippen molar-refractivity contribution in [2.75, 3.05) is 18.5 Å². The van der Waals surface area contributed by atoms with E-state index in [1.807, 2.05) is 6.92 Å². The van der Waals surface area contributed by atoms with Gasteiger partial charge in [-0.3, -0.25) is 4.79 Å². The van der Waals surface area contributed by atoms with E-state index in [0.717, 1.165) is 0 Å². The van der Waals surface area contributed by atoms with Crippen molar-refractivity contribution in [3.05, 3.63) is 21.0 Å². The third-order valence-electron chi connectivity index (χ3n) is 2.73. The Kier molecular flexibility index (Phi) is 5.81. The summed E-state index contributed by atoms with van der Waals surface area (Å²) in [6.45, 7) is 7.47. The molecule has 1 aromatic rings. The Morgan fingerprint density at radius 1 is 1.56 bits per heavy atom. The zero-order valence-corrected chi connectivity index (χ0v) is 12.8. The van der Waals surface area contributed by atoms with Gasteiger partial charge in [0, 0.05) is 13.7 Å². The highest BCUT2D eigenvalue weighted by molar-refractivity contribution is 9.10. The van der Waals surface area contributed by atoms with Crippen LogP contribution in [-0.4, -0.2) is 29.0 Å². The molecule has 0 saturated heterocycles. The standard InChI is InChI=1S/C12H20BrN3O2/c1-5-18-7-10(8(2)3)15-9-6-14-16(4)12(17)11(9)13/h6,8,10,15H,5,7H2,1-4H3. The first-order valence-electron chi connectivity index (χ1n) is 6.03. The molecule has 1 unspecified atom stereocenters. The van der Waals surface area contributed by atoms with Crippen LogP contribution in [0.1, 0.15) is 20.8 Å². The Morgan fingerprint density at radius 3 is 2.78 bits per heavy atom. The summed E-state index contributed by atoms with van der Waals surface area (Å²) in [6.07, 6.45) is 1.65. The number of rotatable bonds is 6. The van der Waals surface area contributed by atoms with Gasteiger partial charge in [-0.1, -0.05) is 13.8 Å². The highest BCUT2D eigenvalue weighted by Crippen LogP contribution is 2.19. The fourth-order valence-corrected chi connectivity index (χ4v) is 1.93. The lowest BCUT2D eigenvalue weighted by atomic mass is 10.1. The summed E-state index contributed by atoms with van der Waals surface area (Å²) in [5.41, 5.74) is 0.551. The molecule has 1 heterocycles. The summed E-state index contributed by atoms with van der Waals surface area (Å²) in [4.78, 5) is 11.7. The average Bonchev–Trinajstić information content (AvgIpc) is 2.33. The van der Waals surface area contributed by atoms with Crippen LogP contribution in [0.2, 0.25) is 0 Å². The fourth-order valence-electron chi connectivity index (χ4n) is 1.46. The summed E-state index contributed by atoms with van der Waals surface area (Å²) >= 11 is 3.30. The van der Waals surface area contributed by atoms with Crippen molar-refractivity contribution < 1.29 is 4.74 Å². The van der Waals surface area contributed by atoms with Gasteiger partial charge in [0.2, 0.25) is 0 Å². The van der Waals surface area contributed by atoms with Gasteiger partial charge in [-0.05, 0) is 28.8 Å². The molecule has 102 valence electrons. The van der Waals surface area contributed by atoms with E-state index in [-0.39, 0.29) is 11.6 Å². The van der Waals surface area contributed by atoms with E-state index in [0.29, 0.717) is 29.3 Å². The second-order valence-electron chi connectivity index (χ2n) is 4.46.